The van der Waals surface area contributed by atoms with Gasteiger partial charge in [0.25, 0.3) is 0 Å². The van der Waals surface area contributed by atoms with Crippen molar-refractivity contribution in [3.63, 3.8) is 0 Å². The first-order valence-corrected chi connectivity index (χ1v) is 8.96. The quantitative estimate of drug-likeness (QED) is 0.762. The smallest absolute Gasteiger partial charge is 0.228 e. The molecule has 1 fully saturated rings. The minimum atomic E-state index is -0.353. The zero-order valence-corrected chi connectivity index (χ0v) is 14.5. The summed E-state index contributed by atoms with van der Waals surface area (Å²) in [4.78, 5) is 14.4. The van der Waals surface area contributed by atoms with E-state index in [1.807, 2.05) is 6.07 Å². The number of halogens is 3. The highest BCUT2D eigenvalue weighted by molar-refractivity contribution is 7.99. The molecule has 1 aliphatic heterocycles. The molecule has 0 saturated carbocycles. The summed E-state index contributed by atoms with van der Waals surface area (Å²) in [6.07, 6.45) is 0.0505. The summed E-state index contributed by atoms with van der Waals surface area (Å²) in [6.45, 7) is 0.627. The molecular weight excluding hydrogens is 356 g/mol. The van der Waals surface area contributed by atoms with E-state index in [0.29, 0.717) is 22.2 Å². The number of amides is 1. The lowest BCUT2D eigenvalue weighted by atomic mass is 10.1. The van der Waals surface area contributed by atoms with Gasteiger partial charge in [-0.1, -0.05) is 47.5 Å². The van der Waals surface area contributed by atoms with Crippen LogP contribution in [0.15, 0.2) is 42.5 Å². The van der Waals surface area contributed by atoms with Crippen molar-refractivity contribution >= 4 is 40.9 Å². The van der Waals surface area contributed by atoms with Crippen LogP contribution < -0.4 is 0 Å². The Morgan fingerprint density at radius 3 is 2.78 bits per heavy atom. The van der Waals surface area contributed by atoms with Gasteiger partial charge in [-0.05, 0) is 23.8 Å². The van der Waals surface area contributed by atoms with Crippen molar-refractivity contribution in [2.45, 2.75) is 11.8 Å². The summed E-state index contributed by atoms with van der Waals surface area (Å²) < 4.78 is 13.8. The molecule has 1 atom stereocenters. The van der Waals surface area contributed by atoms with Crippen molar-refractivity contribution in [3.05, 3.63) is 69.5 Å². The van der Waals surface area contributed by atoms with E-state index in [-0.39, 0.29) is 23.5 Å². The predicted molar refractivity (Wildman–Crippen MR) is 93.5 cm³/mol. The van der Waals surface area contributed by atoms with E-state index in [9.17, 15) is 9.18 Å². The number of hydrogen-bond acceptors (Lipinski definition) is 2. The fourth-order valence-electron chi connectivity index (χ4n) is 2.59. The van der Waals surface area contributed by atoms with E-state index < -0.39 is 0 Å². The average Bonchev–Trinajstić information content (AvgIpc) is 2.99. The Kier molecular flexibility index (Phi) is 5.14. The van der Waals surface area contributed by atoms with Crippen LogP contribution >= 0.6 is 35.0 Å². The van der Waals surface area contributed by atoms with Crippen molar-refractivity contribution in [1.82, 2.24) is 4.90 Å². The van der Waals surface area contributed by atoms with E-state index >= 15 is 0 Å². The predicted octanol–water partition coefficient (Wildman–Crippen LogP) is 4.95. The summed E-state index contributed by atoms with van der Waals surface area (Å²) in [5, 5.41) is 0.950. The molecule has 0 spiro atoms. The highest BCUT2D eigenvalue weighted by Crippen LogP contribution is 2.41. The van der Waals surface area contributed by atoms with Crippen LogP contribution in [0.5, 0.6) is 0 Å². The van der Waals surface area contributed by atoms with Gasteiger partial charge in [-0.2, -0.15) is 0 Å². The molecule has 6 heteroatoms. The minimum absolute atomic E-state index is 0.0505. The summed E-state index contributed by atoms with van der Waals surface area (Å²) in [6, 6.07) is 11.6. The molecule has 2 aromatic carbocycles. The Hall–Kier alpha value is -1.23. The van der Waals surface area contributed by atoms with Gasteiger partial charge in [0.1, 0.15) is 11.2 Å². The topological polar surface area (TPSA) is 20.3 Å². The molecule has 2 nitrogen and oxygen atoms in total. The third kappa shape index (κ3) is 3.65. The van der Waals surface area contributed by atoms with E-state index in [0.717, 1.165) is 11.3 Å². The van der Waals surface area contributed by atoms with Crippen molar-refractivity contribution < 1.29 is 9.18 Å². The van der Waals surface area contributed by atoms with Gasteiger partial charge in [0.05, 0.1) is 6.42 Å². The zero-order chi connectivity index (χ0) is 16.4. The van der Waals surface area contributed by atoms with Gasteiger partial charge in [0.15, 0.2) is 0 Å². The van der Waals surface area contributed by atoms with Gasteiger partial charge < -0.3 is 4.90 Å². The third-order valence-electron chi connectivity index (χ3n) is 3.74. The van der Waals surface area contributed by atoms with Crippen LogP contribution in [0, 0.1) is 5.82 Å². The van der Waals surface area contributed by atoms with Crippen LogP contribution in [-0.4, -0.2) is 23.1 Å². The molecule has 0 aliphatic carbocycles. The summed E-state index contributed by atoms with van der Waals surface area (Å²) >= 11 is 13.9. The van der Waals surface area contributed by atoms with Crippen molar-refractivity contribution in [1.29, 1.82) is 0 Å². The highest BCUT2D eigenvalue weighted by atomic mass is 35.5. The van der Waals surface area contributed by atoms with Crippen LogP contribution in [0.3, 0.4) is 0 Å². The molecule has 0 radical (unpaired) electrons. The normalized spacial score (nSPS) is 17.5. The number of thioether (sulfide) groups is 1. The standard InChI is InChI=1S/C17H14Cl2FNOS/c18-12-5-6-13(14(19)10-12)17-21(7-8-23-17)16(22)9-11-3-1-2-4-15(11)20/h1-6,10,17H,7-9H2. The van der Waals surface area contributed by atoms with Gasteiger partial charge in [-0.25, -0.2) is 4.39 Å². The SMILES string of the molecule is O=C(Cc1ccccc1F)N1CCSC1c1ccc(Cl)cc1Cl. The summed E-state index contributed by atoms with van der Waals surface area (Å²) in [5.74, 6) is 0.372. The molecule has 1 unspecified atom stereocenters. The number of carbonyl (C=O) groups excluding carboxylic acids is 1. The number of benzene rings is 2. The molecule has 120 valence electrons. The fraction of sp³-hybridized carbons (Fsp3) is 0.235. The Labute approximate surface area is 148 Å². The summed E-state index contributed by atoms with van der Waals surface area (Å²) in [7, 11) is 0. The van der Waals surface area contributed by atoms with Gasteiger partial charge >= 0.3 is 0 Å². The second kappa shape index (κ2) is 7.12. The number of rotatable bonds is 3. The minimum Gasteiger partial charge on any atom is -0.325 e. The summed E-state index contributed by atoms with van der Waals surface area (Å²) in [5.41, 5.74) is 1.27. The zero-order valence-electron chi connectivity index (χ0n) is 12.1. The lowest BCUT2D eigenvalue weighted by molar-refractivity contribution is -0.130. The van der Waals surface area contributed by atoms with Crippen LogP contribution in [0.25, 0.3) is 0 Å². The van der Waals surface area contributed by atoms with Crippen molar-refractivity contribution in [2.24, 2.45) is 0 Å². The molecule has 1 heterocycles. The van der Waals surface area contributed by atoms with E-state index in [1.165, 1.54) is 6.07 Å². The molecule has 2 aromatic rings. The van der Waals surface area contributed by atoms with Gasteiger partial charge in [-0.3, -0.25) is 4.79 Å². The number of carbonyl (C=O) groups is 1. The van der Waals surface area contributed by atoms with Crippen LogP contribution in [-0.2, 0) is 11.2 Å². The molecule has 0 N–H and O–H groups in total. The fourth-order valence-corrected chi connectivity index (χ4v) is 4.48. The van der Waals surface area contributed by atoms with Crippen molar-refractivity contribution in [3.8, 4) is 0 Å². The highest BCUT2D eigenvalue weighted by Gasteiger charge is 2.32. The number of nitrogens with zero attached hydrogens (tertiary/aromatic N) is 1. The Balaban J connectivity index is 1.81. The van der Waals surface area contributed by atoms with Crippen molar-refractivity contribution in [2.75, 3.05) is 12.3 Å². The van der Waals surface area contributed by atoms with Gasteiger partial charge in [0.2, 0.25) is 5.91 Å². The molecular formula is C17H14Cl2FNOS. The Morgan fingerprint density at radius 1 is 1.26 bits per heavy atom. The van der Waals surface area contributed by atoms with Crippen LogP contribution in [0.2, 0.25) is 10.0 Å². The van der Waals surface area contributed by atoms with E-state index in [4.69, 9.17) is 23.2 Å². The Morgan fingerprint density at radius 2 is 2.04 bits per heavy atom. The molecule has 0 aromatic heterocycles. The van der Waals surface area contributed by atoms with E-state index in [2.05, 4.69) is 0 Å². The maximum absolute atomic E-state index is 13.8. The van der Waals surface area contributed by atoms with Gasteiger partial charge in [0, 0.05) is 27.9 Å². The lowest BCUT2D eigenvalue weighted by Crippen LogP contribution is -2.32. The molecule has 23 heavy (non-hydrogen) atoms. The Bertz CT molecular complexity index is 740. The van der Waals surface area contributed by atoms with Gasteiger partial charge in [-0.15, -0.1) is 11.8 Å². The average molecular weight is 370 g/mol. The lowest BCUT2D eigenvalue weighted by Gasteiger charge is -2.25. The second-order valence-electron chi connectivity index (χ2n) is 5.24. The maximum Gasteiger partial charge on any atom is 0.228 e. The third-order valence-corrected chi connectivity index (χ3v) is 5.54. The molecule has 0 bridgehead atoms. The monoisotopic (exact) mass is 369 g/mol. The van der Waals surface area contributed by atoms with E-state index in [1.54, 1.807) is 47.0 Å². The second-order valence-corrected chi connectivity index (χ2v) is 7.28. The first-order valence-electron chi connectivity index (χ1n) is 7.15. The molecule has 1 aliphatic rings. The largest absolute Gasteiger partial charge is 0.325 e. The molecule has 1 saturated heterocycles. The number of hydrogen-bond donors (Lipinski definition) is 0. The first kappa shape index (κ1) is 16.6. The first-order chi connectivity index (χ1) is 11.1. The molecule has 1 amide bonds. The molecule has 3 rings (SSSR count). The maximum atomic E-state index is 13.8. The van der Waals surface area contributed by atoms with Crippen LogP contribution in [0.4, 0.5) is 4.39 Å². The van der Waals surface area contributed by atoms with Crippen LogP contribution in [0.1, 0.15) is 16.5 Å².